The summed E-state index contributed by atoms with van der Waals surface area (Å²) in [5.41, 5.74) is 0.0886. The van der Waals surface area contributed by atoms with Gasteiger partial charge in [-0.05, 0) is 43.2 Å². The Kier molecular flexibility index (Phi) is 4.24. The summed E-state index contributed by atoms with van der Waals surface area (Å²) in [5.74, 6) is -0.152. The van der Waals surface area contributed by atoms with E-state index in [4.69, 9.17) is 0 Å². The van der Waals surface area contributed by atoms with Crippen molar-refractivity contribution in [3.8, 4) is 0 Å². The second-order valence-electron chi connectivity index (χ2n) is 5.76. The number of aliphatic hydroxyl groups is 1. The molecule has 0 bridgehead atoms. The maximum atomic E-state index is 12.8. The molecule has 1 aromatic heterocycles. The molecule has 1 aromatic carbocycles. The number of aromatic amines is 1. The third-order valence-electron chi connectivity index (χ3n) is 4.33. The Bertz CT molecular complexity index is 736. The van der Waals surface area contributed by atoms with E-state index in [0.29, 0.717) is 24.0 Å². The summed E-state index contributed by atoms with van der Waals surface area (Å²) in [6, 6.07) is 9.04. The molecule has 0 spiro atoms. The van der Waals surface area contributed by atoms with Crippen LogP contribution in [-0.2, 0) is 0 Å². The van der Waals surface area contributed by atoms with Gasteiger partial charge in [-0.25, -0.2) is 0 Å². The number of pyridine rings is 1. The summed E-state index contributed by atoms with van der Waals surface area (Å²) in [5, 5.41) is 10.5. The molecule has 1 aliphatic rings. The molecule has 1 atom stereocenters. The number of hydrogen-bond donors (Lipinski definition) is 2. The molecule has 5 heteroatoms. The topological polar surface area (TPSA) is 73.4 Å². The highest BCUT2D eigenvalue weighted by Crippen LogP contribution is 2.22. The minimum atomic E-state index is -0.239. The maximum Gasteiger partial charge on any atom is 0.270 e. The average Bonchev–Trinajstić information content (AvgIpc) is 2.55. The van der Waals surface area contributed by atoms with Crippen LogP contribution in [0.3, 0.4) is 0 Å². The lowest BCUT2D eigenvalue weighted by Gasteiger charge is -2.35. The molecule has 3 rings (SSSR count). The summed E-state index contributed by atoms with van der Waals surface area (Å²) >= 11 is 0. The first-order chi connectivity index (χ1) is 10.7. The fraction of sp³-hybridized carbons (Fsp3) is 0.412. The van der Waals surface area contributed by atoms with Gasteiger partial charge in [0.2, 0.25) is 0 Å². The van der Waals surface area contributed by atoms with Gasteiger partial charge in [-0.1, -0.05) is 18.2 Å². The number of H-pyrrole nitrogens is 1. The Morgan fingerprint density at radius 2 is 2.14 bits per heavy atom. The van der Waals surface area contributed by atoms with Crippen molar-refractivity contribution in [2.75, 3.05) is 13.2 Å². The normalized spacial score (nSPS) is 18.6. The first kappa shape index (κ1) is 14.8. The average molecular weight is 300 g/mol. The molecule has 116 valence electrons. The molecule has 1 saturated heterocycles. The number of rotatable bonds is 3. The largest absolute Gasteiger partial charge is 0.396 e. The third-order valence-corrected chi connectivity index (χ3v) is 4.33. The maximum absolute atomic E-state index is 12.8. The number of nitrogens with one attached hydrogen (secondary N) is 1. The number of carbonyl (C=O) groups excluding carboxylic acids is 1. The van der Waals surface area contributed by atoms with Gasteiger partial charge in [0.1, 0.15) is 5.69 Å². The molecule has 0 saturated carbocycles. The van der Waals surface area contributed by atoms with Gasteiger partial charge in [-0.3, -0.25) is 9.59 Å². The van der Waals surface area contributed by atoms with Crippen LogP contribution < -0.4 is 5.56 Å². The van der Waals surface area contributed by atoms with Gasteiger partial charge in [-0.2, -0.15) is 0 Å². The molecule has 1 aliphatic heterocycles. The van der Waals surface area contributed by atoms with Crippen LogP contribution in [0.2, 0.25) is 0 Å². The minimum Gasteiger partial charge on any atom is -0.396 e. The first-order valence-corrected chi connectivity index (χ1v) is 7.74. The number of amides is 1. The lowest BCUT2D eigenvalue weighted by molar-refractivity contribution is 0.0568. The predicted octanol–water partition coefficient (Wildman–Crippen LogP) is 1.91. The van der Waals surface area contributed by atoms with Crippen molar-refractivity contribution in [1.82, 2.24) is 9.88 Å². The zero-order valence-corrected chi connectivity index (χ0v) is 12.4. The van der Waals surface area contributed by atoms with E-state index in [1.807, 2.05) is 12.1 Å². The van der Waals surface area contributed by atoms with E-state index in [1.165, 1.54) is 0 Å². The van der Waals surface area contributed by atoms with Crippen molar-refractivity contribution >= 4 is 16.7 Å². The highest BCUT2D eigenvalue weighted by Gasteiger charge is 2.27. The molecular weight excluding hydrogens is 280 g/mol. The van der Waals surface area contributed by atoms with Crippen LogP contribution in [0.4, 0.5) is 0 Å². The summed E-state index contributed by atoms with van der Waals surface area (Å²) in [7, 11) is 0. The molecular formula is C17H20N2O3. The summed E-state index contributed by atoms with van der Waals surface area (Å²) in [4.78, 5) is 29.4. The fourth-order valence-electron chi connectivity index (χ4n) is 3.20. The molecule has 1 amide bonds. The van der Waals surface area contributed by atoms with Gasteiger partial charge < -0.3 is 15.0 Å². The van der Waals surface area contributed by atoms with Crippen molar-refractivity contribution < 1.29 is 9.90 Å². The Balaban J connectivity index is 1.95. The summed E-state index contributed by atoms with van der Waals surface area (Å²) in [6.45, 7) is 0.751. The molecule has 2 heterocycles. The van der Waals surface area contributed by atoms with Crippen LogP contribution in [0, 0.1) is 0 Å². The smallest absolute Gasteiger partial charge is 0.270 e. The Morgan fingerprint density at radius 1 is 1.32 bits per heavy atom. The Morgan fingerprint density at radius 3 is 2.95 bits per heavy atom. The summed E-state index contributed by atoms with van der Waals surface area (Å²) in [6.07, 6.45) is 3.53. The minimum absolute atomic E-state index is 0.0567. The van der Waals surface area contributed by atoms with E-state index < -0.39 is 0 Å². The van der Waals surface area contributed by atoms with Gasteiger partial charge >= 0.3 is 0 Å². The Hall–Kier alpha value is -2.14. The number of piperidine rings is 1. The number of benzene rings is 1. The van der Waals surface area contributed by atoms with Crippen molar-refractivity contribution in [2.24, 2.45) is 0 Å². The van der Waals surface area contributed by atoms with Crippen LogP contribution >= 0.6 is 0 Å². The van der Waals surface area contributed by atoms with E-state index in [1.54, 1.807) is 23.1 Å². The van der Waals surface area contributed by atoms with Crippen LogP contribution in [0.15, 0.2) is 35.1 Å². The summed E-state index contributed by atoms with van der Waals surface area (Å²) < 4.78 is 0. The molecule has 5 nitrogen and oxygen atoms in total. The molecule has 1 unspecified atom stereocenters. The molecule has 2 aromatic rings. The number of aromatic nitrogens is 1. The number of nitrogens with zero attached hydrogens (tertiary/aromatic N) is 1. The van der Waals surface area contributed by atoms with Crippen LogP contribution in [0.25, 0.3) is 10.8 Å². The standard InChI is InChI=1S/C17H20N2O3/c20-10-8-13-6-3-4-9-19(13)17(22)15-11-12-5-1-2-7-14(12)16(21)18-15/h1-2,5,7,11,13,20H,3-4,6,8-10H2,(H,18,21). The highest BCUT2D eigenvalue weighted by atomic mass is 16.3. The lowest BCUT2D eigenvalue weighted by atomic mass is 9.99. The van der Waals surface area contributed by atoms with Crippen LogP contribution in [-0.4, -0.2) is 40.1 Å². The number of carbonyl (C=O) groups is 1. The number of likely N-dealkylation sites (tertiary alicyclic amines) is 1. The number of hydrogen-bond acceptors (Lipinski definition) is 3. The van der Waals surface area contributed by atoms with E-state index >= 15 is 0 Å². The van der Waals surface area contributed by atoms with E-state index in [2.05, 4.69) is 4.98 Å². The molecule has 2 N–H and O–H groups in total. The third kappa shape index (κ3) is 2.76. The van der Waals surface area contributed by atoms with Crippen LogP contribution in [0.5, 0.6) is 0 Å². The van der Waals surface area contributed by atoms with E-state index in [9.17, 15) is 14.7 Å². The molecule has 0 aliphatic carbocycles. The van der Waals surface area contributed by atoms with Gasteiger partial charge in [0, 0.05) is 24.6 Å². The van der Waals surface area contributed by atoms with Crippen molar-refractivity contribution in [1.29, 1.82) is 0 Å². The molecule has 22 heavy (non-hydrogen) atoms. The number of aliphatic hydroxyl groups excluding tert-OH is 1. The lowest BCUT2D eigenvalue weighted by Crippen LogP contribution is -2.44. The number of fused-ring (bicyclic) bond motifs is 1. The van der Waals surface area contributed by atoms with Crippen molar-refractivity contribution in [3.63, 3.8) is 0 Å². The van der Waals surface area contributed by atoms with E-state index in [-0.39, 0.29) is 24.1 Å². The highest BCUT2D eigenvalue weighted by molar-refractivity contribution is 5.96. The quantitative estimate of drug-likeness (QED) is 0.909. The molecule has 0 radical (unpaired) electrons. The van der Waals surface area contributed by atoms with Crippen molar-refractivity contribution in [3.05, 3.63) is 46.4 Å². The van der Waals surface area contributed by atoms with E-state index in [0.717, 1.165) is 24.6 Å². The first-order valence-electron chi connectivity index (χ1n) is 7.74. The monoisotopic (exact) mass is 300 g/mol. The van der Waals surface area contributed by atoms with Gasteiger partial charge in [0.15, 0.2) is 0 Å². The van der Waals surface area contributed by atoms with Gasteiger partial charge in [-0.15, -0.1) is 0 Å². The SMILES string of the molecule is O=C(c1cc2ccccc2c(=O)[nH]1)N1CCCCC1CCO. The zero-order valence-electron chi connectivity index (χ0n) is 12.4. The van der Waals surface area contributed by atoms with Gasteiger partial charge in [0.25, 0.3) is 11.5 Å². The zero-order chi connectivity index (χ0) is 15.5. The fourth-order valence-corrected chi connectivity index (χ4v) is 3.20. The predicted molar refractivity (Wildman–Crippen MR) is 84.9 cm³/mol. The Labute approximate surface area is 128 Å². The van der Waals surface area contributed by atoms with Crippen molar-refractivity contribution in [2.45, 2.75) is 31.7 Å². The second kappa shape index (κ2) is 6.32. The van der Waals surface area contributed by atoms with Gasteiger partial charge in [0.05, 0.1) is 0 Å². The van der Waals surface area contributed by atoms with Crippen LogP contribution in [0.1, 0.15) is 36.2 Å². The molecule has 1 fully saturated rings. The second-order valence-corrected chi connectivity index (χ2v) is 5.76.